The number of hydrogen-bond acceptors (Lipinski definition) is 6. The predicted octanol–water partition coefficient (Wildman–Crippen LogP) is 5.30. The molecule has 0 aliphatic carbocycles. The topological polar surface area (TPSA) is 40.6 Å². The molecule has 0 radical (unpaired) electrons. The van der Waals surface area contributed by atoms with Crippen LogP contribution in [0.5, 0.6) is 0 Å². The minimum absolute atomic E-state index is 0.571. The van der Waals surface area contributed by atoms with Crippen molar-refractivity contribution in [3.63, 3.8) is 0 Å². The second-order valence-electron chi connectivity index (χ2n) is 8.42. The first-order valence-corrected chi connectivity index (χ1v) is 15.3. The number of piperazine rings is 1. The molecule has 34 heavy (non-hydrogen) atoms. The Morgan fingerprint density at radius 3 is 2.29 bits per heavy atom. The monoisotopic (exact) mass is 528 g/mol. The SMILES string of the molecule is CS(=O)(=O)SCCN1CCN(CC/C=C2/c3ccccc3Sc3ccc(C(F)(F)F)cc32)CC1. The number of nitrogens with zero attached hydrogens (tertiary/aromatic N) is 2. The fraction of sp³-hybridized carbons (Fsp3) is 0.417. The Bertz CT molecular complexity index is 1160. The molecule has 0 unspecified atom stereocenters. The highest BCUT2D eigenvalue weighted by Gasteiger charge is 2.32. The molecule has 1 fully saturated rings. The van der Waals surface area contributed by atoms with Gasteiger partial charge in [-0.3, -0.25) is 4.90 Å². The molecule has 4 rings (SSSR count). The van der Waals surface area contributed by atoms with Crippen LogP contribution in [0.25, 0.3) is 5.57 Å². The van der Waals surface area contributed by atoms with Crippen molar-refractivity contribution in [1.29, 1.82) is 0 Å². The molecule has 0 amide bonds. The van der Waals surface area contributed by atoms with Gasteiger partial charge in [0.05, 0.1) is 5.56 Å². The Morgan fingerprint density at radius 1 is 0.971 bits per heavy atom. The van der Waals surface area contributed by atoms with Crippen molar-refractivity contribution in [3.05, 3.63) is 65.2 Å². The second-order valence-corrected chi connectivity index (χ2v) is 14.1. The van der Waals surface area contributed by atoms with Gasteiger partial charge in [0.25, 0.3) is 0 Å². The van der Waals surface area contributed by atoms with Gasteiger partial charge in [-0.25, -0.2) is 8.42 Å². The van der Waals surface area contributed by atoms with Crippen molar-refractivity contribution in [1.82, 2.24) is 9.80 Å². The predicted molar refractivity (Wildman–Crippen MR) is 134 cm³/mol. The van der Waals surface area contributed by atoms with E-state index in [1.54, 1.807) is 6.07 Å². The molecule has 184 valence electrons. The molecule has 2 heterocycles. The van der Waals surface area contributed by atoms with Gasteiger partial charge in [-0.05, 0) is 58.2 Å². The Morgan fingerprint density at radius 2 is 1.62 bits per heavy atom. The van der Waals surface area contributed by atoms with Crippen molar-refractivity contribution >= 4 is 37.0 Å². The van der Waals surface area contributed by atoms with E-state index in [0.717, 1.165) is 83.5 Å². The number of rotatable bonds is 7. The van der Waals surface area contributed by atoms with Crippen LogP contribution in [0.15, 0.2) is 58.3 Å². The van der Waals surface area contributed by atoms with Crippen molar-refractivity contribution < 1.29 is 21.6 Å². The Kier molecular flexibility index (Phi) is 8.03. The zero-order chi connectivity index (χ0) is 24.3. The number of halogens is 3. The Labute approximate surface area is 206 Å². The highest BCUT2D eigenvalue weighted by Crippen LogP contribution is 2.47. The van der Waals surface area contributed by atoms with Crippen LogP contribution in [0.3, 0.4) is 0 Å². The molecule has 0 saturated carbocycles. The molecule has 0 atom stereocenters. The molecule has 2 aliphatic heterocycles. The van der Waals surface area contributed by atoms with E-state index in [4.69, 9.17) is 0 Å². The lowest BCUT2D eigenvalue weighted by molar-refractivity contribution is -0.137. The first-order chi connectivity index (χ1) is 16.1. The molecular weight excluding hydrogens is 501 g/mol. The summed E-state index contributed by atoms with van der Waals surface area (Å²) in [5.41, 5.74) is 1.87. The van der Waals surface area contributed by atoms with Crippen LogP contribution < -0.4 is 0 Å². The van der Waals surface area contributed by atoms with E-state index in [2.05, 4.69) is 15.9 Å². The number of alkyl halides is 3. The van der Waals surface area contributed by atoms with Gasteiger partial charge in [-0.15, -0.1) is 0 Å². The summed E-state index contributed by atoms with van der Waals surface area (Å²) in [6.07, 6.45) is -0.322. The maximum absolute atomic E-state index is 13.4. The summed E-state index contributed by atoms with van der Waals surface area (Å²) in [5, 5.41) is 0. The highest BCUT2D eigenvalue weighted by atomic mass is 33.1. The Balaban J connectivity index is 1.41. The molecule has 4 nitrogen and oxygen atoms in total. The quantitative estimate of drug-likeness (QED) is 0.388. The lowest BCUT2D eigenvalue weighted by Gasteiger charge is -2.34. The van der Waals surface area contributed by atoms with Gasteiger partial charge in [-0.2, -0.15) is 13.2 Å². The molecule has 1 saturated heterocycles. The van der Waals surface area contributed by atoms with Crippen LogP contribution >= 0.6 is 22.6 Å². The van der Waals surface area contributed by atoms with Crippen LogP contribution in [0.1, 0.15) is 23.1 Å². The molecule has 2 aromatic rings. The summed E-state index contributed by atoms with van der Waals surface area (Å²) in [7, 11) is -2.02. The molecule has 10 heteroatoms. The summed E-state index contributed by atoms with van der Waals surface area (Å²) >= 11 is 1.51. The van der Waals surface area contributed by atoms with Crippen molar-refractivity contribution in [2.75, 3.05) is 51.3 Å². The summed E-state index contributed by atoms with van der Waals surface area (Å²) in [6.45, 7) is 5.15. The first-order valence-electron chi connectivity index (χ1n) is 11.1. The average Bonchev–Trinajstić information content (AvgIpc) is 2.78. The lowest BCUT2D eigenvalue weighted by atomic mass is 9.94. The van der Waals surface area contributed by atoms with Gasteiger partial charge in [0, 0.05) is 61.1 Å². The summed E-state index contributed by atoms with van der Waals surface area (Å²) < 4.78 is 62.7. The minimum atomic E-state index is -4.37. The van der Waals surface area contributed by atoms with Crippen LogP contribution in [0.4, 0.5) is 13.2 Å². The van der Waals surface area contributed by atoms with E-state index in [0.29, 0.717) is 11.3 Å². The first kappa shape index (κ1) is 25.6. The summed E-state index contributed by atoms with van der Waals surface area (Å²) in [6, 6.07) is 11.9. The third kappa shape index (κ3) is 6.60. The van der Waals surface area contributed by atoms with Gasteiger partial charge in [0.15, 0.2) is 8.87 Å². The van der Waals surface area contributed by atoms with Crippen molar-refractivity contribution in [2.24, 2.45) is 0 Å². The minimum Gasteiger partial charge on any atom is -0.300 e. The fourth-order valence-electron chi connectivity index (χ4n) is 4.21. The smallest absolute Gasteiger partial charge is 0.300 e. The molecule has 2 aliphatic rings. The van der Waals surface area contributed by atoms with Crippen LogP contribution in [-0.4, -0.2) is 69.5 Å². The van der Waals surface area contributed by atoms with E-state index in [-0.39, 0.29) is 0 Å². The molecule has 2 aromatic carbocycles. The number of benzene rings is 2. The normalized spacial score (nSPS) is 18.6. The molecule has 0 aromatic heterocycles. The molecular formula is C24H27F3N2O2S3. The average molecular weight is 529 g/mol. The van der Waals surface area contributed by atoms with Crippen molar-refractivity contribution in [2.45, 2.75) is 22.4 Å². The second kappa shape index (κ2) is 10.7. The third-order valence-corrected chi connectivity index (χ3v) is 9.67. The van der Waals surface area contributed by atoms with Gasteiger partial charge >= 0.3 is 6.18 Å². The van der Waals surface area contributed by atoms with Gasteiger partial charge < -0.3 is 4.90 Å². The van der Waals surface area contributed by atoms with E-state index in [1.807, 2.05) is 24.3 Å². The van der Waals surface area contributed by atoms with Gasteiger partial charge in [0.2, 0.25) is 0 Å². The van der Waals surface area contributed by atoms with E-state index < -0.39 is 20.6 Å². The number of fused-ring (bicyclic) bond motifs is 2. The summed E-state index contributed by atoms with van der Waals surface area (Å²) in [4.78, 5) is 6.53. The van der Waals surface area contributed by atoms with E-state index in [1.165, 1.54) is 24.1 Å². The fourth-order valence-corrected chi connectivity index (χ4v) is 7.07. The van der Waals surface area contributed by atoms with E-state index in [9.17, 15) is 21.6 Å². The van der Waals surface area contributed by atoms with Crippen LogP contribution in [0.2, 0.25) is 0 Å². The summed E-state index contributed by atoms with van der Waals surface area (Å²) in [5.74, 6) is 0.571. The largest absolute Gasteiger partial charge is 0.416 e. The maximum Gasteiger partial charge on any atom is 0.416 e. The molecule has 0 bridgehead atoms. The lowest BCUT2D eigenvalue weighted by Crippen LogP contribution is -2.47. The van der Waals surface area contributed by atoms with Crippen LogP contribution in [0, 0.1) is 0 Å². The molecule has 0 N–H and O–H groups in total. The third-order valence-electron chi connectivity index (χ3n) is 5.96. The Hall–Kier alpha value is -1.46. The highest BCUT2D eigenvalue weighted by molar-refractivity contribution is 8.71. The van der Waals surface area contributed by atoms with E-state index >= 15 is 0 Å². The molecule has 0 spiro atoms. The van der Waals surface area contributed by atoms with Gasteiger partial charge in [-0.1, -0.05) is 36.0 Å². The number of hydrogen-bond donors (Lipinski definition) is 0. The maximum atomic E-state index is 13.4. The van der Waals surface area contributed by atoms with Crippen LogP contribution in [-0.2, 0) is 15.0 Å². The standard InChI is InChI=1S/C24H27F3N2O2S3/c1-34(30,31)32-16-15-29-13-11-28(12-14-29)10-4-6-19-20-5-2-3-7-22(20)33-23-9-8-18(17-21(19)23)24(25,26)27/h2-3,5-9,17H,4,10-16H2,1H3/b19-6-. The zero-order valence-corrected chi connectivity index (χ0v) is 21.3. The zero-order valence-electron chi connectivity index (χ0n) is 18.8. The van der Waals surface area contributed by atoms with Gasteiger partial charge in [0.1, 0.15) is 0 Å². The van der Waals surface area contributed by atoms with Crippen molar-refractivity contribution in [3.8, 4) is 0 Å².